The van der Waals surface area contributed by atoms with Gasteiger partial charge in [-0.2, -0.15) is 0 Å². The molecule has 25 heavy (non-hydrogen) atoms. The summed E-state index contributed by atoms with van der Waals surface area (Å²) >= 11 is 0. The van der Waals surface area contributed by atoms with E-state index in [0.717, 1.165) is 0 Å². The molecule has 2 N–H and O–H groups in total. The summed E-state index contributed by atoms with van der Waals surface area (Å²) in [5.41, 5.74) is 1.27. The monoisotopic (exact) mass is 350 g/mol. The number of carbonyl (C=O) groups excluding carboxylic acids is 2. The van der Waals surface area contributed by atoms with Gasteiger partial charge in [0.05, 0.1) is 5.71 Å². The van der Waals surface area contributed by atoms with Gasteiger partial charge >= 0.3 is 0 Å². The van der Waals surface area contributed by atoms with Gasteiger partial charge in [0.1, 0.15) is 11.9 Å². The fraction of sp³-hybridized carbons (Fsp3) is 0.471. The minimum absolute atomic E-state index is 0.257. The number of oxime groups is 1. The second-order valence-corrected chi connectivity index (χ2v) is 6.17. The van der Waals surface area contributed by atoms with Crippen LogP contribution in [0.25, 0.3) is 0 Å². The fourth-order valence-electron chi connectivity index (χ4n) is 2.26. The first-order valence-corrected chi connectivity index (χ1v) is 8.08. The van der Waals surface area contributed by atoms with Crippen molar-refractivity contribution < 1.29 is 18.8 Å². The largest absolute Gasteiger partial charge is 0.382 e. The second-order valence-electron chi connectivity index (χ2n) is 6.17. The molecule has 2 atom stereocenters. The summed E-state index contributed by atoms with van der Waals surface area (Å²) in [6.07, 6.45) is -0.524. The Balaban J connectivity index is 1.80. The molecule has 0 fully saturated rings. The molecule has 0 unspecified atom stereocenters. The molecule has 2 rings (SSSR count). The molecular formula is C17H23FN4O3. The van der Waals surface area contributed by atoms with Gasteiger partial charge < -0.3 is 20.4 Å². The summed E-state index contributed by atoms with van der Waals surface area (Å²) < 4.78 is 13.0. The Labute approximate surface area is 146 Å². The predicted molar refractivity (Wildman–Crippen MR) is 91.6 cm³/mol. The van der Waals surface area contributed by atoms with Gasteiger partial charge in [-0.25, -0.2) is 4.39 Å². The first kappa shape index (κ1) is 18.9. The van der Waals surface area contributed by atoms with Crippen LogP contribution < -0.4 is 10.6 Å². The van der Waals surface area contributed by atoms with Crippen LogP contribution in [0.4, 0.5) is 4.39 Å². The lowest BCUT2D eigenvalue weighted by Crippen LogP contribution is -2.49. The minimum Gasteiger partial charge on any atom is -0.382 e. The Hall–Kier alpha value is -2.48. The molecule has 0 radical (unpaired) electrons. The third-order valence-corrected chi connectivity index (χ3v) is 3.75. The van der Waals surface area contributed by atoms with Crippen LogP contribution in [-0.4, -0.2) is 61.8 Å². The quantitative estimate of drug-likeness (QED) is 0.750. The van der Waals surface area contributed by atoms with E-state index in [-0.39, 0.29) is 18.1 Å². The molecule has 8 heteroatoms. The number of halogens is 1. The summed E-state index contributed by atoms with van der Waals surface area (Å²) in [5, 5.41) is 9.25. The summed E-state index contributed by atoms with van der Waals surface area (Å²) in [6.45, 7) is 2.83. The molecule has 136 valence electrons. The van der Waals surface area contributed by atoms with Crippen LogP contribution in [0, 0.1) is 5.82 Å². The van der Waals surface area contributed by atoms with Gasteiger partial charge in [0, 0.05) is 19.5 Å². The number of rotatable bonds is 7. The maximum absolute atomic E-state index is 13.0. The fourth-order valence-corrected chi connectivity index (χ4v) is 2.26. The lowest BCUT2D eigenvalue weighted by molar-refractivity contribution is -0.135. The highest BCUT2D eigenvalue weighted by Gasteiger charge is 2.30. The highest BCUT2D eigenvalue weighted by Crippen LogP contribution is 2.17. The Morgan fingerprint density at radius 1 is 1.36 bits per heavy atom. The molecular weight excluding hydrogens is 327 g/mol. The maximum atomic E-state index is 13.0. The van der Waals surface area contributed by atoms with Crippen molar-refractivity contribution >= 4 is 17.5 Å². The van der Waals surface area contributed by atoms with E-state index in [9.17, 15) is 14.0 Å². The third-order valence-electron chi connectivity index (χ3n) is 3.75. The Bertz CT molecular complexity index is 646. The number of benzene rings is 1. The summed E-state index contributed by atoms with van der Waals surface area (Å²) in [7, 11) is 3.82. The Morgan fingerprint density at radius 2 is 2.04 bits per heavy atom. The van der Waals surface area contributed by atoms with Crippen molar-refractivity contribution in [1.82, 2.24) is 15.5 Å². The van der Waals surface area contributed by atoms with Crippen molar-refractivity contribution in [3.63, 3.8) is 0 Å². The van der Waals surface area contributed by atoms with Crippen LogP contribution >= 0.6 is 0 Å². The van der Waals surface area contributed by atoms with Crippen molar-refractivity contribution in [2.24, 2.45) is 5.16 Å². The van der Waals surface area contributed by atoms with E-state index in [4.69, 9.17) is 4.84 Å². The Morgan fingerprint density at radius 3 is 2.68 bits per heavy atom. The van der Waals surface area contributed by atoms with Crippen LogP contribution in [0.3, 0.4) is 0 Å². The van der Waals surface area contributed by atoms with E-state index in [1.165, 1.54) is 12.1 Å². The topological polar surface area (TPSA) is 83.0 Å². The molecule has 1 aliphatic rings. The third kappa shape index (κ3) is 5.53. The van der Waals surface area contributed by atoms with Crippen LogP contribution in [0.15, 0.2) is 29.4 Å². The van der Waals surface area contributed by atoms with E-state index in [1.807, 2.05) is 19.0 Å². The maximum Gasteiger partial charge on any atom is 0.264 e. The van der Waals surface area contributed by atoms with Crippen molar-refractivity contribution in [3.05, 3.63) is 35.6 Å². The van der Waals surface area contributed by atoms with Crippen molar-refractivity contribution in [2.45, 2.75) is 25.5 Å². The number of hydrogen-bond acceptors (Lipinski definition) is 5. The van der Waals surface area contributed by atoms with E-state index in [1.54, 1.807) is 19.1 Å². The standard InChI is InChI=1S/C17H23FN4O3/c1-11(16(23)19-8-9-22(2)3)20-17(24)15-10-14(21-25-15)12-4-6-13(18)7-5-12/h4-7,11,15H,8-10H2,1-3H3,(H,19,23)(H,20,24)/t11-,15+/m0/s1. The minimum atomic E-state index is -0.794. The molecule has 0 saturated carbocycles. The molecule has 0 aromatic heterocycles. The first-order valence-electron chi connectivity index (χ1n) is 8.08. The highest BCUT2D eigenvalue weighted by molar-refractivity contribution is 6.04. The predicted octanol–water partition coefficient (Wildman–Crippen LogP) is 0.501. The normalized spacial score (nSPS) is 17.6. The summed E-state index contributed by atoms with van der Waals surface area (Å²) in [4.78, 5) is 31.3. The smallest absolute Gasteiger partial charge is 0.264 e. The highest BCUT2D eigenvalue weighted by atomic mass is 19.1. The van der Waals surface area contributed by atoms with E-state index < -0.39 is 18.1 Å². The second kappa shape index (κ2) is 8.57. The molecule has 1 aromatic carbocycles. The average Bonchev–Trinajstić information content (AvgIpc) is 3.05. The zero-order chi connectivity index (χ0) is 18.4. The summed E-state index contributed by atoms with van der Waals surface area (Å²) in [6, 6.07) is 5.14. The van der Waals surface area contributed by atoms with Crippen LogP contribution in [-0.2, 0) is 14.4 Å². The number of hydrogen-bond donors (Lipinski definition) is 2. The molecule has 0 bridgehead atoms. The van der Waals surface area contributed by atoms with Gasteiger partial charge in [0.25, 0.3) is 5.91 Å². The number of nitrogens with one attached hydrogen (secondary N) is 2. The van der Waals surface area contributed by atoms with Crippen LogP contribution in [0.2, 0.25) is 0 Å². The van der Waals surface area contributed by atoms with Gasteiger partial charge in [0.15, 0.2) is 0 Å². The molecule has 7 nitrogen and oxygen atoms in total. The number of nitrogens with zero attached hydrogens (tertiary/aromatic N) is 2. The molecule has 1 heterocycles. The van der Waals surface area contributed by atoms with Crippen LogP contribution in [0.1, 0.15) is 18.9 Å². The molecule has 1 aliphatic heterocycles. The van der Waals surface area contributed by atoms with Gasteiger partial charge in [0.2, 0.25) is 12.0 Å². The number of likely N-dealkylation sites (N-methyl/N-ethyl adjacent to an activating group) is 1. The zero-order valence-electron chi connectivity index (χ0n) is 14.6. The van der Waals surface area contributed by atoms with E-state index >= 15 is 0 Å². The number of amides is 2. The first-order chi connectivity index (χ1) is 11.9. The van der Waals surface area contributed by atoms with Gasteiger partial charge in [-0.1, -0.05) is 17.3 Å². The van der Waals surface area contributed by atoms with Gasteiger partial charge in [-0.15, -0.1) is 0 Å². The van der Waals surface area contributed by atoms with Gasteiger partial charge in [-0.05, 0) is 38.7 Å². The lowest BCUT2D eigenvalue weighted by Gasteiger charge is -2.17. The molecule has 1 aromatic rings. The SMILES string of the molecule is C[C@H](NC(=O)[C@H]1CC(c2ccc(F)cc2)=NO1)C(=O)NCCN(C)C. The Kier molecular flexibility index (Phi) is 6.46. The van der Waals surface area contributed by atoms with Gasteiger partial charge in [-0.3, -0.25) is 9.59 Å². The number of carbonyl (C=O) groups is 2. The van der Waals surface area contributed by atoms with Crippen molar-refractivity contribution in [3.8, 4) is 0 Å². The van der Waals surface area contributed by atoms with E-state index in [0.29, 0.717) is 24.4 Å². The molecule has 0 saturated heterocycles. The van der Waals surface area contributed by atoms with Crippen molar-refractivity contribution in [2.75, 3.05) is 27.2 Å². The zero-order valence-corrected chi connectivity index (χ0v) is 14.6. The van der Waals surface area contributed by atoms with Crippen molar-refractivity contribution in [1.29, 1.82) is 0 Å². The molecule has 0 spiro atoms. The molecule has 2 amide bonds. The van der Waals surface area contributed by atoms with E-state index in [2.05, 4.69) is 15.8 Å². The average molecular weight is 350 g/mol. The molecule has 0 aliphatic carbocycles. The lowest BCUT2D eigenvalue weighted by atomic mass is 10.0. The summed E-state index contributed by atoms with van der Waals surface area (Å²) in [5.74, 6) is -1.00. The van der Waals surface area contributed by atoms with Crippen LogP contribution in [0.5, 0.6) is 0 Å².